The molecule has 0 bridgehead atoms. The fourth-order valence-corrected chi connectivity index (χ4v) is 2.47. The van der Waals surface area contributed by atoms with Crippen LogP contribution in [-0.4, -0.2) is 44.4 Å². The Morgan fingerprint density at radius 2 is 2.05 bits per heavy atom. The first-order valence-corrected chi connectivity index (χ1v) is 7.47. The van der Waals surface area contributed by atoms with E-state index < -0.39 is 16.0 Å². The summed E-state index contributed by atoms with van der Waals surface area (Å²) < 4.78 is 24.9. The second kappa shape index (κ2) is 6.58. The molecule has 0 aliphatic heterocycles. The van der Waals surface area contributed by atoms with Gasteiger partial charge in [0.25, 0.3) is 0 Å². The van der Waals surface area contributed by atoms with Crippen molar-refractivity contribution in [3.63, 3.8) is 0 Å². The number of rotatable bonds is 7. The lowest BCUT2D eigenvalue weighted by Gasteiger charge is -2.14. The molecule has 0 heterocycles. The standard InChI is InChI=1S/C12H19N3O4S/c1-15(2)20(18,19)9-5-6-11(10(13)8-9)14-7-3-4-12(16)17/h5-6,8,14H,3-4,7,13H2,1-2H3,(H,16,17). The third-order valence-corrected chi connectivity index (χ3v) is 4.50. The van der Waals surface area contributed by atoms with E-state index in [1.807, 2.05) is 0 Å². The van der Waals surface area contributed by atoms with Gasteiger partial charge in [0, 0.05) is 27.1 Å². The monoisotopic (exact) mass is 301 g/mol. The molecule has 0 amide bonds. The van der Waals surface area contributed by atoms with Gasteiger partial charge in [0.15, 0.2) is 0 Å². The van der Waals surface area contributed by atoms with E-state index in [1.165, 1.54) is 26.2 Å². The van der Waals surface area contributed by atoms with Gasteiger partial charge in [-0.2, -0.15) is 0 Å². The Bertz CT molecular complexity index is 584. The van der Waals surface area contributed by atoms with Crippen LogP contribution in [-0.2, 0) is 14.8 Å². The molecular weight excluding hydrogens is 282 g/mol. The summed E-state index contributed by atoms with van der Waals surface area (Å²) in [6.07, 6.45) is 0.534. The molecule has 1 aromatic rings. The number of anilines is 2. The topological polar surface area (TPSA) is 113 Å². The minimum absolute atomic E-state index is 0.0694. The smallest absolute Gasteiger partial charge is 0.303 e. The predicted molar refractivity (Wildman–Crippen MR) is 77.1 cm³/mol. The van der Waals surface area contributed by atoms with Crippen molar-refractivity contribution in [3.05, 3.63) is 18.2 Å². The van der Waals surface area contributed by atoms with Crippen molar-refractivity contribution in [3.8, 4) is 0 Å². The van der Waals surface area contributed by atoms with Gasteiger partial charge in [-0.25, -0.2) is 12.7 Å². The van der Waals surface area contributed by atoms with E-state index in [9.17, 15) is 13.2 Å². The summed E-state index contributed by atoms with van der Waals surface area (Å²) in [4.78, 5) is 10.5. The van der Waals surface area contributed by atoms with Gasteiger partial charge < -0.3 is 16.2 Å². The van der Waals surface area contributed by atoms with E-state index in [2.05, 4.69) is 5.32 Å². The Hall–Kier alpha value is -1.80. The predicted octanol–water partition coefficient (Wildman–Crippen LogP) is 0.796. The summed E-state index contributed by atoms with van der Waals surface area (Å²) in [5.74, 6) is -0.854. The molecule has 4 N–H and O–H groups in total. The SMILES string of the molecule is CN(C)S(=O)(=O)c1ccc(NCCCC(=O)O)c(N)c1. The van der Waals surface area contributed by atoms with Crippen LogP contribution >= 0.6 is 0 Å². The maximum absolute atomic E-state index is 11.9. The Balaban J connectivity index is 2.77. The molecule has 0 aromatic heterocycles. The van der Waals surface area contributed by atoms with Crippen molar-refractivity contribution in [1.29, 1.82) is 0 Å². The molecule has 0 saturated carbocycles. The molecule has 1 aromatic carbocycles. The highest BCUT2D eigenvalue weighted by atomic mass is 32.2. The largest absolute Gasteiger partial charge is 0.481 e. The van der Waals surface area contributed by atoms with Crippen LogP contribution < -0.4 is 11.1 Å². The van der Waals surface area contributed by atoms with Gasteiger partial charge in [-0.15, -0.1) is 0 Å². The van der Waals surface area contributed by atoms with Crippen molar-refractivity contribution in [1.82, 2.24) is 4.31 Å². The van der Waals surface area contributed by atoms with Crippen molar-refractivity contribution in [2.24, 2.45) is 0 Å². The number of hydrogen-bond donors (Lipinski definition) is 3. The number of carboxylic acids is 1. The van der Waals surface area contributed by atoms with Crippen LogP contribution in [0.4, 0.5) is 11.4 Å². The average molecular weight is 301 g/mol. The van der Waals surface area contributed by atoms with Crippen LogP contribution in [0.3, 0.4) is 0 Å². The minimum Gasteiger partial charge on any atom is -0.481 e. The fourth-order valence-electron chi connectivity index (χ4n) is 1.54. The highest BCUT2D eigenvalue weighted by Gasteiger charge is 2.17. The Morgan fingerprint density at radius 3 is 2.55 bits per heavy atom. The Kier molecular flexibility index (Phi) is 5.34. The van der Waals surface area contributed by atoms with E-state index in [4.69, 9.17) is 10.8 Å². The van der Waals surface area contributed by atoms with E-state index in [0.717, 1.165) is 4.31 Å². The number of nitrogen functional groups attached to an aromatic ring is 1. The average Bonchev–Trinajstić information content (AvgIpc) is 2.35. The molecule has 0 aliphatic rings. The number of sulfonamides is 1. The summed E-state index contributed by atoms with van der Waals surface area (Å²) in [5, 5.41) is 11.5. The van der Waals surface area contributed by atoms with E-state index in [-0.39, 0.29) is 11.3 Å². The van der Waals surface area contributed by atoms with Gasteiger partial charge in [0.05, 0.1) is 16.3 Å². The van der Waals surface area contributed by atoms with Crippen molar-refractivity contribution < 1.29 is 18.3 Å². The van der Waals surface area contributed by atoms with Gasteiger partial charge in [-0.05, 0) is 24.6 Å². The summed E-state index contributed by atoms with van der Waals surface area (Å²) in [6.45, 7) is 0.455. The van der Waals surface area contributed by atoms with Crippen molar-refractivity contribution in [2.45, 2.75) is 17.7 Å². The lowest BCUT2D eigenvalue weighted by atomic mass is 10.2. The molecule has 20 heavy (non-hydrogen) atoms. The molecule has 112 valence electrons. The first kappa shape index (κ1) is 16.3. The zero-order chi connectivity index (χ0) is 15.3. The maximum Gasteiger partial charge on any atom is 0.303 e. The normalized spacial score (nSPS) is 11.6. The summed E-state index contributed by atoms with van der Waals surface area (Å²) in [5.41, 5.74) is 6.70. The van der Waals surface area contributed by atoms with Crippen LogP contribution in [0.1, 0.15) is 12.8 Å². The molecule has 0 atom stereocenters. The van der Waals surface area contributed by atoms with E-state index in [1.54, 1.807) is 6.07 Å². The van der Waals surface area contributed by atoms with Crippen molar-refractivity contribution in [2.75, 3.05) is 31.7 Å². The fraction of sp³-hybridized carbons (Fsp3) is 0.417. The quantitative estimate of drug-likeness (QED) is 0.507. The lowest BCUT2D eigenvalue weighted by molar-refractivity contribution is -0.137. The van der Waals surface area contributed by atoms with E-state index >= 15 is 0 Å². The molecular formula is C12H19N3O4S. The first-order chi connectivity index (χ1) is 9.25. The number of nitrogens with zero attached hydrogens (tertiary/aromatic N) is 1. The zero-order valence-electron chi connectivity index (χ0n) is 11.5. The van der Waals surface area contributed by atoms with Crippen LogP contribution in [0, 0.1) is 0 Å². The minimum atomic E-state index is -3.50. The van der Waals surface area contributed by atoms with Crippen LogP contribution in [0.2, 0.25) is 0 Å². The van der Waals surface area contributed by atoms with Gasteiger partial charge >= 0.3 is 5.97 Å². The lowest BCUT2D eigenvalue weighted by Crippen LogP contribution is -2.22. The van der Waals surface area contributed by atoms with E-state index in [0.29, 0.717) is 24.3 Å². The molecule has 0 aliphatic carbocycles. The number of benzene rings is 1. The molecule has 0 unspecified atom stereocenters. The molecule has 1 rings (SSSR count). The molecule has 0 saturated heterocycles. The second-order valence-corrected chi connectivity index (χ2v) is 6.61. The zero-order valence-corrected chi connectivity index (χ0v) is 12.3. The van der Waals surface area contributed by atoms with Crippen LogP contribution in [0.5, 0.6) is 0 Å². The first-order valence-electron chi connectivity index (χ1n) is 6.03. The third kappa shape index (κ3) is 4.10. The highest BCUT2D eigenvalue weighted by Crippen LogP contribution is 2.23. The van der Waals surface area contributed by atoms with Crippen LogP contribution in [0.25, 0.3) is 0 Å². The number of hydrogen-bond acceptors (Lipinski definition) is 5. The van der Waals surface area contributed by atoms with Crippen LogP contribution in [0.15, 0.2) is 23.1 Å². The summed E-state index contributed by atoms with van der Waals surface area (Å²) >= 11 is 0. The molecule has 8 heteroatoms. The van der Waals surface area contributed by atoms with Gasteiger partial charge in [0.1, 0.15) is 0 Å². The highest BCUT2D eigenvalue weighted by molar-refractivity contribution is 7.89. The van der Waals surface area contributed by atoms with Gasteiger partial charge in [0.2, 0.25) is 10.0 Å². The second-order valence-electron chi connectivity index (χ2n) is 4.46. The molecule has 0 radical (unpaired) electrons. The maximum atomic E-state index is 11.9. The Morgan fingerprint density at radius 1 is 1.40 bits per heavy atom. The summed E-state index contributed by atoms with van der Waals surface area (Å²) in [7, 11) is -0.609. The number of carbonyl (C=O) groups is 1. The molecule has 0 fully saturated rings. The number of aliphatic carboxylic acids is 1. The molecule has 7 nitrogen and oxygen atoms in total. The third-order valence-electron chi connectivity index (χ3n) is 2.68. The Labute approximate surface area is 118 Å². The number of nitrogens with one attached hydrogen (secondary N) is 1. The molecule has 0 spiro atoms. The number of carboxylic acid groups (broad SMARTS) is 1. The van der Waals surface area contributed by atoms with Gasteiger partial charge in [-0.1, -0.05) is 0 Å². The summed E-state index contributed by atoms with van der Waals surface area (Å²) in [6, 6.07) is 4.42. The number of nitrogens with two attached hydrogens (primary N) is 1. The van der Waals surface area contributed by atoms with Crippen molar-refractivity contribution >= 4 is 27.4 Å². The van der Waals surface area contributed by atoms with Gasteiger partial charge in [-0.3, -0.25) is 4.79 Å².